The van der Waals surface area contributed by atoms with Gasteiger partial charge in [-0.05, 0) is 37.3 Å². The SMILES string of the molecule is COc1ccc2c(c1)c(-c1ccccc1)nn2S(=O)(=O)c1ccc(C)cc1. The highest BCUT2D eigenvalue weighted by molar-refractivity contribution is 7.90. The maximum atomic E-state index is 13.2. The topological polar surface area (TPSA) is 61.2 Å². The van der Waals surface area contributed by atoms with Gasteiger partial charge in [0.25, 0.3) is 10.0 Å². The highest BCUT2D eigenvalue weighted by Gasteiger charge is 2.23. The van der Waals surface area contributed by atoms with E-state index >= 15 is 0 Å². The fraction of sp³-hybridized carbons (Fsp3) is 0.0952. The van der Waals surface area contributed by atoms with Gasteiger partial charge in [0.05, 0.1) is 17.5 Å². The molecule has 0 N–H and O–H groups in total. The number of hydrogen-bond acceptors (Lipinski definition) is 4. The maximum Gasteiger partial charge on any atom is 0.283 e. The summed E-state index contributed by atoms with van der Waals surface area (Å²) in [4.78, 5) is 0.202. The molecule has 1 aromatic heterocycles. The minimum absolute atomic E-state index is 0.202. The molecule has 3 aromatic carbocycles. The van der Waals surface area contributed by atoms with Crippen LogP contribution in [-0.2, 0) is 10.0 Å². The van der Waals surface area contributed by atoms with E-state index < -0.39 is 10.0 Å². The summed E-state index contributed by atoms with van der Waals surface area (Å²) in [6, 6.07) is 21.5. The molecular formula is C21H18N2O3S. The molecule has 0 spiro atoms. The quantitative estimate of drug-likeness (QED) is 0.532. The second-order valence-corrected chi connectivity index (χ2v) is 8.03. The Labute approximate surface area is 157 Å². The van der Waals surface area contributed by atoms with Gasteiger partial charge in [0.2, 0.25) is 0 Å². The van der Waals surface area contributed by atoms with Gasteiger partial charge >= 0.3 is 0 Å². The van der Waals surface area contributed by atoms with Crippen molar-refractivity contribution in [3.05, 3.63) is 78.4 Å². The van der Waals surface area contributed by atoms with Crippen LogP contribution in [0.15, 0.2) is 77.7 Å². The zero-order chi connectivity index (χ0) is 19.0. The Morgan fingerprint density at radius 1 is 0.926 bits per heavy atom. The second kappa shape index (κ2) is 6.55. The summed E-state index contributed by atoms with van der Waals surface area (Å²) in [5, 5.41) is 5.20. The second-order valence-electron chi connectivity index (χ2n) is 6.26. The summed E-state index contributed by atoms with van der Waals surface area (Å²) in [5.41, 5.74) is 2.94. The highest BCUT2D eigenvalue weighted by Crippen LogP contribution is 2.32. The Morgan fingerprint density at radius 2 is 1.63 bits per heavy atom. The molecule has 0 aliphatic rings. The largest absolute Gasteiger partial charge is 0.497 e. The molecule has 0 saturated heterocycles. The molecule has 0 atom stereocenters. The van der Waals surface area contributed by atoms with Crippen LogP contribution < -0.4 is 4.74 Å². The minimum atomic E-state index is -3.82. The molecule has 1 heterocycles. The third-order valence-electron chi connectivity index (χ3n) is 4.45. The van der Waals surface area contributed by atoms with Crippen molar-refractivity contribution in [2.45, 2.75) is 11.8 Å². The van der Waals surface area contributed by atoms with E-state index in [0.717, 1.165) is 20.6 Å². The molecule has 0 unspecified atom stereocenters. The number of ether oxygens (including phenoxy) is 1. The molecule has 136 valence electrons. The lowest BCUT2D eigenvalue weighted by molar-refractivity contribution is 0.415. The van der Waals surface area contributed by atoms with Crippen molar-refractivity contribution < 1.29 is 13.2 Å². The Hall–Kier alpha value is -3.12. The number of nitrogens with zero attached hydrogens (tertiary/aromatic N) is 2. The molecule has 5 nitrogen and oxygen atoms in total. The molecule has 0 aliphatic heterocycles. The van der Waals surface area contributed by atoms with Crippen molar-refractivity contribution in [1.82, 2.24) is 9.19 Å². The predicted molar refractivity (Wildman–Crippen MR) is 105 cm³/mol. The Bertz CT molecular complexity index is 1210. The lowest BCUT2D eigenvalue weighted by atomic mass is 10.1. The number of methoxy groups -OCH3 is 1. The number of hydrogen-bond donors (Lipinski definition) is 0. The molecule has 4 aromatic rings. The summed E-state index contributed by atoms with van der Waals surface area (Å²) < 4.78 is 32.9. The lowest BCUT2D eigenvalue weighted by Gasteiger charge is -2.06. The Kier molecular flexibility index (Phi) is 4.20. The first-order valence-corrected chi connectivity index (χ1v) is 9.89. The van der Waals surface area contributed by atoms with Gasteiger partial charge in [-0.25, -0.2) is 0 Å². The van der Waals surface area contributed by atoms with E-state index in [9.17, 15) is 8.42 Å². The lowest BCUT2D eigenvalue weighted by Crippen LogP contribution is -2.14. The summed E-state index contributed by atoms with van der Waals surface area (Å²) in [6.45, 7) is 1.92. The van der Waals surface area contributed by atoms with E-state index in [1.54, 1.807) is 43.5 Å². The normalized spacial score (nSPS) is 11.6. The summed E-state index contributed by atoms with van der Waals surface area (Å²) in [7, 11) is -2.24. The van der Waals surface area contributed by atoms with Crippen LogP contribution in [0.5, 0.6) is 5.75 Å². The molecule has 4 rings (SSSR count). The summed E-state index contributed by atoms with van der Waals surface area (Å²) in [6.07, 6.45) is 0. The zero-order valence-corrected chi connectivity index (χ0v) is 15.8. The number of aryl methyl sites for hydroxylation is 1. The van der Waals surface area contributed by atoms with Crippen LogP contribution in [-0.4, -0.2) is 24.7 Å². The van der Waals surface area contributed by atoms with E-state index in [1.807, 2.05) is 43.3 Å². The monoisotopic (exact) mass is 378 g/mol. The molecule has 0 fully saturated rings. The van der Waals surface area contributed by atoms with E-state index in [-0.39, 0.29) is 4.90 Å². The first-order chi connectivity index (χ1) is 13.0. The van der Waals surface area contributed by atoms with Crippen molar-refractivity contribution in [2.24, 2.45) is 0 Å². The van der Waals surface area contributed by atoms with Gasteiger partial charge in [-0.1, -0.05) is 48.0 Å². The van der Waals surface area contributed by atoms with Crippen molar-refractivity contribution in [3.63, 3.8) is 0 Å². The fourth-order valence-electron chi connectivity index (χ4n) is 3.00. The number of benzene rings is 3. The standard InChI is InChI=1S/C21H18N2O3S/c1-15-8-11-18(12-9-15)27(24,25)23-20-13-10-17(26-2)14-19(20)21(22-23)16-6-4-3-5-7-16/h3-14H,1-2H3. The molecular weight excluding hydrogens is 360 g/mol. The number of rotatable bonds is 4. The van der Waals surface area contributed by atoms with E-state index in [1.165, 1.54) is 0 Å². The Morgan fingerprint density at radius 3 is 2.30 bits per heavy atom. The molecule has 0 amide bonds. The van der Waals surface area contributed by atoms with Crippen LogP contribution >= 0.6 is 0 Å². The minimum Gasteiger partial charge on any atom is -0.497 e. The van der Waals surface area contributed by atoms with Gasteiger partial charge in [-0.2, -0.15) is 17.6 Å². The first kappa shape index (κ1) is 17.3. The third-order valence-corrected chi connectivity index (χ3v) is 6.05. The van der Waals surface area contributed by atoms with Gasteiger partial charge < -0.3 is 4.74 Å². The van der Waals surface area contributed by atoms with Crippen LogP contribution in [0.4, 0.5) is 0 Å². The van der Waals surface area contributed by atoms with Crippen LogP contribution in [0.2, 0.25) is 0 Å². The third kappa shape index (κ3) is 2.98. The smallest absolute Gasteiger partial charge is 0.283 e. The molecule has 0 radical (unpaired) electrons. The summed E-state index contributed by atoms with van der Waals surface area (Å²) >= 11 is 0. The average Bonchev–Trinajstić information content (AvgIpc) is 3.08. The van der Waals surface area contributed by atoms with Crippen LogP contribution in [0.1, 0.15) is 5.56 Å². The van der Waals surface area contributed by atoms with Gasteiger partial charge in [-0.15, -0.1) is 0 Å². The fourth-order valence-corrected chi connectivity index (χ4v) is 4.29. The van der Waals surface area contributed by atoms with E-state index in [4.69, 9.17) is 4.74 Å². The van der Waals surface area contributed by atoms with Crippen molar-refractivity contribution in [1.29, 1.82) is 0 Å². The summed E-state index contributed by atoms with van der Waals surface area (Å²) in [5.74, 6) is 0.645. The number of fused-ring (bicyclic) bond motifs is 1. The molecule has 6 heteroatoms. The molecule has 0 bridgehead atoms. The van der Waals surface area contributed by atoms with Gasteiger partial charge in [0.15, 0.2) is 0 Å². The maximum absolute atomic E-state index is 13.2. The molecule has 0 saturated carbocycles. The van der Waals surface area contributed by atoms with Gasteiger partial charge in [0.1, 0.15) is 11.4 Å². The van der Waals surface area contributed by atoms with Crippen molar-refractivity contribution >= 4 is 20.9 Å². The van der Waals surface area contributed by atoms with Gasteiger partial charge in [-0.3, -0.25) is 0 Å². The van der Waals surface area contributed by atoms with Crippen LogP contribution in [0.3, 0.4) is 0 Å². The Balaban J connectivity index is 2.00. The van der Waals surface area contributed by atoms with Gasteiger partial charge in [0, 0.05) is 10.9 Å². The first-order valence-electron chi connectivity index (χ1n) is 8.45. The molecule has 27 heavy (non-hydrogen) atoms. The zero-order valence-electron chi connectivity index (χ0n) is 15.0. The van der Waals surface area contributed by atoms with E-state index in [0.29, 0.717) is 17.0 Å². The number of aromatic nitrogens is 2. The van der Waals surface area contributed by atoms with Crippen molar-refractivity contribution in [2.75, 3.05) is 7.11 Å². The highest BCUT2D eigenvalue weighted by atomic mass is 32.2. The van der Waals surface area contributed by atoms with Crippen LogP contribution in [0.25, 0.3) is 22.2 Å². The molecule has 0 aliphatic carbocycles. The average molecular weight is 378 g/mol. The van der Waals surface area contributed by atoms with Crippen molar-refractivity contribution in [3.8, 4) is 17.0 Å². The van der Waals surface area contributed by atoms with Crippen LogP contribution in [0, 0.1) is 6.92 Å². The predicted octanol–water partition coefficient (Wildman–Crippen LogP) is 4.26. The van der Waals surface area contributed by atoms with E-state index in [2.05, 4.69) is 5.10 Å².